The number of carbonyl (C=O) groups is 2. The molecule has 0 spiro atoms. The molecule has 0 unspecified atom stereocenters. The highest BCUT2D eigenvalue weighted by atomic mass is 19.4. The Morgan fingerprint density at radius 3 is 2.19 bits per heavy atom. The number of hydrogen-bond donors (Lipinski definition) is 3. The van der Waals surface area contributed by atoms with Crippen LogP contribution in [0, 0.1) is 0 Å². The quantitative estimate of drug-likeness (QED) is 0.524. The summed E-state index contributed by atoms with van der Waals surface area (Å²) in [7, 11) is 0. The fourth-order valence-corrected chi connectivity index (χ4v) is 1.36. The van der Waals surface area contributed by atoms with Crippen molar-refractivity contribution in [2.24, 2.45) is 0 Å². The molecule has 0 saturated carbocycles. The van der Waals surface area contributed by atoms with E-state index in [1.807, 2.05) is 0 Å². The van der Waals surface area contributed by atoms with E-state index in [4.69, 9.17) is 10.2 Å². The van der Waals surface area contributed by atoms with Crippen LogP contribution in [0.5, 0.6) is 0 Å². The van der Waals surface area contributed by atoms with Crippen molar-refractivity contribution in [3.63, 3.8) is 0 Å². The van der Waals surface area contributed by atoms with Crippen LogP contribution in [-0.2, 0) is 9.59 Å². The predicted molar refractivity (Wildman–Crippen MR) is 41.2 cm³/mol. The van der Waals surface area contributed by atoms with Crippen LogP contribution in [0.1, 0.15) is 0 Å². The van der Waals surface area contributed by atoms with Crippen molar-refractivity contribution in [2.45, 2.75) is 17.9 Å². The summed E-state index contributed by atoms with van der Waals surface area (Å²) in [6.45, 7) is -1.97. The zero-order chi connectivity index (χ0) is 12.7. The van der Waals surface area contributed by atoms with Crippen molar-refractivity contribution >= 4 is 11.9 Å². The second-order valence-corrected chi connectivity index (χ2v) is 3.43. The van der Waals surface area contributed by atoms with E-state index in [1.54, 1.807) is 0 Å². The molecule has 92 valence electrons. The topological polar surface area (TPSA) is 98.1 Å². The maximum Gasteiger partial charge on any atom is 0.471 e. The molecular formula is C7H8F3NO5. The van der Waals surface area contributed by atoms with Gasteiger partial charge in [-0.1, -0.05) is 0 Å². The monoisotopic (exact) mass is 243 g/mol. The third-order valence-corrected chi connectivity index (χ3v) is 2.28. The van der Waals surface area contributed by atoms with Crippen LogP contribution in [0.25, 0.3) is 0 Å². The summed E-state index contributed by atoms with van der Waals surface area (Å²) in [5.41, 5.74) is -2.75. The Balaban J connectivity index is 2.86. The molecule has 1 aliphatic rings. The Bertz CT molecular complexity index is 330. The number of carboxylic acid groups (broad SMARTS) is 1. The lowest BCUT2D eigenvalue weighted by molar-refractivity contribution is -0.185. The number of aliphatic hydroxyl groups excluding tert-OH is 1. The van der Waals surface area contributed by atoms with Gasteiger partial charge in [0.15, 0.2) is 0 Å². The van der Waals surface area contributed by atoms with Gasteiger partial charge in [0.1, 0.15) is 6.10 Å². The molecule has 9 heteroatoms. The molecule has 1 aliphatic heterocycles. The molecule has 1 amide bonds. The summed E-state index contributed by atoms with van der Waals surface area (Å²) < 4.78 is 35.9. The third-order valence-electron chi connectivity index (χ3n) is 2.28. The van der Waals surface area contributed by atoms with Gasteiger partial charge in [-0.15, -0.1) is 0 Å². The minimum Gasteiger partial charge on any atom is -0.479 e. The Morgan fingerprint density at radius 1 is 1.38 bits per heavy atom. The van der Waals surface area contributed by atoms with Crippen LogP contribution < -0.4 is 0 Å². The second-order valence-electron chi connectivity index (χ2n) is 3.43. The van der Waals surface area contributed by atoms with Crippen LogP contribution in [0.4, 0.5) is 13.2 Å². The smallest absolute Gasteiger partial charge is 0.471 e. The van der Waals surface area contributed by atoms with E-state index < -0.39 is 42.8 Å². The lowest BCUT2D eigenvalue weighted by Crippen LogP contribution is -2.50. The van der Waals surface area contributed by atoms with Crippen LogP contribution in [0.3, 0.4) is 0 Å². The molecule has 0 aromatic carbocycles. The van der Waals surface area contributed by atoms with E-state index in [0.717, 1.165) is 0 Å². The Morgan fingerprint density at radius 2 is 1.88 bits per heavy atom. The zero-order valence-electron chi connectivity index (χ0n) is 7.73. The average molecular weight is 243 g/mol. The van der Waals surface area contributed by atoms with Gasteiger partial charge in [-0.25, -0.2) is 4.79 Å². The highest BCUT2D eigenvalue weighted by molar-refractivity contribution is 5.85. The van der Waals surface area contributed by atoms with Gasteiger partial charge >= 0.3 is 18.1 Å². The van der Waals surface area contributed by atoms with Gasteiger partial charge in [0.2, 0.25) is 5.60 Å². The van der Waals surface area contributed by atoms with E-state index in [-0.39, 0.29) is 4.90 Å². The van der Waals surface area contributed by atoms with Gasteiger partial charge in [-0.3, -0.25) is 4.79 Å². The summed E-state index contributed by atoms with van der Waals surface area (Å²) in [4.78, 5) is 21.3. The van der Waals surface area contributed by atoms with Crippen LogP contribution in [0.15, 0.2) is 0 Å². The van der Waals surface area contributed by atoms with Crippen LogP contribution in [0.2, 0.25) is 0 Å². The summed E-state index contributed by atoms with van der Waals surface area (Å²) in [5, 5.41) is 26.9. The van der Waals surface area contributed by atoms with Gasteiger partial charge in [-0.05, 0) is 0 Å². The van der Waals surface area contributed by atoms with Crippen molar-refractivity contribution in [1.82, 2.24) is 4.90 Å². The first-order valence-electron chi connectivity index (χ1n) is 4.09. The summed E-state index contributed by atoms with van der Waals surface area (Å²) in [5.74, 6) is -4.17. The number of alkyl halides is 3. The molecular weight excluding hydrogens is 235 g/mol. The van der Waals surface area contributed by atoms with Crippen LogP contribution in [-0.4, -0.2) is 63.1 Å². The number of aliphatic hydroxyl groups is 2. The number of hydrogen-bond acceptors (Lipinski definition) is 4. The van der Waals surface area contributed by atoms with E-state index >= 15 is 0 Å². The number of β-amino-alcohol motifs (C(OH)–C–C–N with tert-alkyl or cyclic N) is 2. The maximum absolute atomic E-state index is 12.0. The van der Waals surface area contributed by atoms with Crippen molar-refractivity contribution in [3.05, 3.63) is 0 Å². The molecule has 1 fully saturated rings. The fraction of sp³-hybridized carbons (Fsp3) is 0.714. The Kier molecular flexibility index (Phi) is 2.86. The number of halogens is 3. The first-order valence-corrected chi connectivity index (χ1v) is 4.09. The molecule has 0 aliphatic carbocycles. The Labute approximate surface area is 86.9 Å². The highest BCUT2D eigenvalue weighted by Gasteiger charge is 2.56. The number of aliphatic carboxylic acids is 1. The molecule has 3 N–H and O–H groups in total. The number of carbonyl (C=O) groups excluding carboxylic acids is 1. The number of likely N-dealkylation sites (tertiary alicyclic amines) is 1. The lowest BCUT2D eigenvalue weighted by atomic mass is 10.0. The molecule has 16 heavy (non-hydrogen) atoms. The first-order chi connectivity index (χ1) is 7.09. The number of amides is 1. The molecule has 0 radical (unpaired) electrons. The lowest BCUT2D eigenvalue weighted by Gasteiger charge is -2.20. The molecule has 0 aromatic rings. The maximum atomic E-state index is 12.0. The summed E-state index contributed by atoms with van der Waals surface area (Å²) in [6.07, 6.45) is -7.11. The van der Waals surface area contributed by atoms with E-state index in [1.165, 1.54) is 0 Å². The minimum atomic E-state index is -5.16. The van der Waals surface area contributed by atoms with Crippen molar-refractivity contribution < 1.29 is 38.1 Å². The molecule has 1 rings (SSSR count). The summed E-state index contributed by atoms with van der Waals surface area (Å²) >= 11 is 0. The standard InChI is InChI=1S/C7H8F3NO5/c8-7(9,10)4(13)11-1-3(12)6(16,2-11)5(14)15/h3,12,16H,1-2H2,(H,14,15)/t3-,6+/m1/s1. The number of rotatable bonds is 1. The van der Waals surface area contributed by atoms with E-state index in [9.17, 15) is 27.9 Å². The number of nitrogens with zero attached hydrogens (tertiary/aromatic N) is 1. The van der Waals surface area contributed by atoms with Crippen LogP contribution >= 0.6 is 0 Å². The Hall–Kier alpha value is -1.35. The largest absolute Gasteiger partial charge is 0.479 e. The van der Waals surface area contributed by atoms with Crippen molar-refractivity contribution in [1.29, 1.82) is 0 Å². The molecule has 1 heterocycles. The van der Waals surface area contributed by atoms with E-state index in [0.29, 0.717) is 0 Å². The average Bonchev–Trinajstić information content (AvgIpc) is 2.41. The van der Waals surface area contributed by atoms with Gasteiger partial charge in [-0.2, -0.15) is 13.2 Å². The first kappa shape index (κ1) is 12.7. The van der Waals surface area contributed by atoms with Gasteiger partial charge in [0.05, 0.1) is 13.1 Å². The van der Waals surface area contributed by atoms with Gasteiger partial charge < -0.3 is 20.2 Å². The number of carboxylic acids is 1. The molecule has 6 nitrogen and oxygen atoms in total. The third kappa shape index (κ3) is 1.95. The molecule has 2 atom stereocenters. The van der Waals surface area contributed by atoms with E-state index in [2.05, 4.69) is 0 Å². The zero-order valence-corrected chi connectivity index (χ0v) is 7.73. The predicted octanol–water partition coefficient (Wildman–Crippen LogP) is -1.43. The minimum absolute atomic E-state index is 0.0544. The summed E-state index contributed by atoms with van der Waals surface area (Å²) in [6, 6.07) is 0. The highest BCUT2D eigenvalue weighted by Crippen LogP contribution is 2.27. The molecule has 0 aromatic heterocycles. The second kappa shape index (κ2) is 3.59. The normalized spacial score (nSPS) is 30.6. The van der Waals surface area contributed by atoms with Crippen molar-refractivity contribution in [2.75, 3.05) is 13.1 Å². The van der Waals surface area contributed by atoms with Crippen molar-refractivity contribution in [3.8, 4) is 0 Å². The van der Waals surface area contributed by atoms with Gasteiger partial charge in [0, 0.05) is 0 Å². The molecule has 0 bridgehead atoms. The molecule has 1 saturated heterocycles. The SMILES string of the molecule is O=C(N1C[C@@H](O)[C@](O)(C(=O)O)C1)C(F)(F)F. The van der Waals surface area contributed by atoms with Gasteiger partial charge in [0.25, 0.3) is 0 Å². The fourth-order valence-electron chi connectivity index (χ4n) is 1.36.